The summed E-state index contributed by atoms with van der Waals surface area (Å²) in [6.45, 7) is 3.00. The monoisotopic (exact) mass is 265 g/mol. The van der Waals surface area contributed by atoms with E-state index in [9.17, 15) is 0 Å². The minimum Gasteiger partial charge on any atom is -0.493 e. The summed E-state index contributed by atoms with van der Waals surface area (Å²) in [6, 6.07) is 6.17. The van der Waals surface area contributed by atoms with Crippen molar-refractivity contribution in [3.05, 3.63) is 23.8 Å². The van der Waals surface area contributed by atoms with Crippen LogP contribution in [-0.4, -0.2) is 33.5 Å². The van der Waals surface area contributed by atoms with Crippen molar-refractivity contribution >= 4 is 0 Å². The fourth-order valence-corrected chi connectivity index (χ4v) is 2.89. The average Bonchev–Trinajstić information content (AvgIpc) is 2.86. The Morgan fingerprint density at radius 1 is 1.26 bits per heavy atom. The Bertz CT molecular complexity index is 427. The predicted molar refractivity (Wildman–Crippen MR) is 74.9 cm³/mol. The summed E-state index contributed by atoms with van der Waals surface area (Å²) in [4.78, 5) is 0. The molecule has 4 nitrogen and oxygen atoms in total. The van der Waals surface area contributed by atoms with Gasteiger partial charge in [-0.3, -0.25) is 0 Å². The van der Waals surface area contributed by atoms with Crippen LogP contribution in [0.25, 0.3) is 0 Å². The molecule has 4 heteroatoms. The van der Waals surface area contributed by atoms with E-state index < -0.39 is 0 Å². The van der Waals surface area contributed by atoms with Crippen LogP contribution in [-0.2, 0) is 4.74 Å². The van der Waals surface area contributed by atoms with E-state index in [1.54, 1.807) is 14.2 Å². The van der Waals surface area contributed by atoms with E-state index in [1.807, 2.05) is 19.2 Å². The molecule has 1 aromatic rings. The Hall–Kier alpha value is -1.26. The van der Waals surface area contributed by atoms with Crippen molar-refractivity contribution in [2.75, 3.05) is 27.9 Å². The van der Waals surface area contributed by atoms with Crippen LogP contribution in [0.15, 0.2) is 18.2 Å². The molecule has 0 aromatic heterocycles. The molecular weight excluding hydrogens is 242 g/mol. The van der Waals surface area contributed by atoms with E-state index in [0.717, 1.165) is 36.5 Å². The largest absolute Gasteiger partial charge is 0.493 e. The Labute approximate surface area is 115 Å². The van der Waals surface area contributed by atoms with Crippen molar-refractivity contribution in [1.29, 1.82) is 0 Å². The third-order valence-corrected chi connectivity index (χ3v) is 3.89. The molecule has 1 heterocycles. The molecule has 0 spiro atoms. The quantitative estimate of drug-likeness (QED) is 0.888. The van der Waals surface area contributed by atoms with Gasteiger partial charge in [0.1, 0.15) is 0 Å². The van der Waals surface area contributed by atoms with Gasteiger partial charge in [-0.2, -0.15) is 0 Å². The van der Waals surface area contributed by atoms with Gasteiger partial charge < -0.3 is 19.5 Å². The van der Waals surface area contributed by atoms with Crippen LogP contribution in [0.5, 0.6) is 11.5 Å². The summed E-state index contributed by atoms with van der Waals surface area (Å²) >= 11 is 0. The minimum absolute atomic E-state index is 0.148. The lowest BCUT2D eigenvalue weighted by Crippen LogP contribution is -2.39. The molecule has 106 valence electrons. The first-order valence-corrected chi connectivity index (χ1v) is 6.68. The van der Waals surface area contributed by atoms with Gasteiger partial charge in [0, 0.05) is 6.61 Å². The van der Waals surface area contributed by atoms with E-state index >= 15 is 0 Å². The maximum atomic E-state index is 5.94. The maximum Gasteiger partial charge on any atom is 0.161 e. The van der Waals surface area contributed by atoms with Crippen molar-refractivity contribution < 1.29 is 14.2 Å². The van der Waals surface area contributed by atoms with Gasteiger partial charge in [0.25, 0.3) is 0 Å². The van der Waals surface area contributed by atoms with Gasteiger partial charge >= 0.3 is 0 Å². The smallest absolute Gasteiger partial charge is 0.161 e. The molecule has 0 amide bonds. The molecule has 0 aliphatic carbocycles. The van der Waals surface area contributed by atoms with Gasteiger partial charge in [0.2, 0.25) is 0 Å². The first-order valence-electron chi connectivity index (χ1n) is 6.68. The lowest BCUT2D eigenvalue weighted by atomic mass is 9.87. The van der Waals surface area contributed by atoms with E-state index in [1.165, 1.54) is 0 Å². The van der Waals surface area contributed by atoms with Gasteiger partial charge in [-0.1, -0.05) is 6.07 Å². The second-order valence-electron chi connectivity index (χ2n) is 5.10. The fourth-order valence-electron chi connectivity index (χ4n) is 2.89. The number of rotatable bonds is 5. The number of nitrogens with one attached hydrogen (secondary N) is 1. The molecule has 1 saturated heterocycles. The number of hydrogen-bond donors (Lipinski definition) is 1. The van der Waals surface area contributed by atoms with Crippen molar-refractivity contribution in [2.45, 2.75) is 31.4 Å². The molecule has 0 bridgehead atoms. The number of ether oxygens (including phenoxy) is 3. The second-order valence-corrected chi connectivity index (χ2v) is 5.10. The normalized spacial score (nSPS) is 24.2. The number of methoxy groups -OCH3 is 2. The zero-order valence-electron chi connectivity index (χ0n) is 12.2. The zero-order valence-corrected chi connectivity index (χ0v) is 12.2. The molecule has 1 aliphatic heterocycles. The molecule has 0 radical (unpaired) electrons. The maximum absolute atomic E-state index is 5.94. The SMILES string of the molecule is CNC(c1ccc(OC)c(OC)c1)C1(C)CCCO1. The molecule has 2 rings (SSSR count). The van der Waals surface area contributed by atoms with Crippen LogP contribution in [0.4, 0.5) is 0 Å². The third-order valence-electron chi connectivity index (χ3n) is 3.89. The lowest BCUT2D eigenvalue weighted by molar-refractivity contribution is -0.0105. The molecule has 0 saturated carbocycles. The van der Waals surface area contributed by atoms with E-state index in [0.29, 0.717) is 0 Å². The van der Waals surface area contributed by atoms with Gasteiger partial charge in [-0.15, -0.1) is 0 Å². The topological polar surface area (TPSA) is 39.7 Å². The van der Waals surface area contributed by atoms with Crippen LogP contribution >= 0.6 is 0 Å². The highest BCUT2D eigenvalue weighted by Crippen LogP contribution is 2.39. The summed E-state index contributed by atoms with van der Waals surface area (Å²) in [5.74, 6) is 1.50. The van der Waals surface area contributed by atoms with Crippen LogP contribution in [0.3, 0.4) is 0 Å². The third kappa shape index (κ3) is 2.69. The predicted octanol–water partition coefficient (Wildman–Crippen LogP) is 2.53. The van der Waals surface area contributed by atoms with E-state index in [4.69, 9.17) is 14.2 Å². The molecule has 2 unspecified atom stereocenters. The van der Waals surface area contributed by atoms with E-state index in [2.05, 4.69) is 18.3 Å². The number of hydrogen-bond acceptors (Lipinski definition) is 4. The summed E-state index contributed by atoms with van der Waals surface area (Å²) in [5.41, 5.74) is 0.999. The van der Waals surface area contributed by atoms with Crippen molar-refractivity contribution in [2.24, 2.45) is 0 Å². The van der Waals surface area contributed by atoms with Crippen LogP contribution in [0, 0.1) is 0 Å². The number of benzene rings is 1. The molecule has 1 aromatic carbocycles. The molecule has 1 N–H and O–H groups in total. The van der Waals surface area contributed by atoms with Crippen molar-refractivity contribution in [1.82, 2.24) is 5.32 Å². The van der Waals surface area contributed by atoms with Crippen molar-refractivity contribution in [3.8, 4) is 11.5 Å². The summed E-state index contributed by atoms with van der Waals surface area (Å²) in [6.07, 6.45) is 2.18. The Balaban J connectivity index is 2.33. The summed E-state index contributed by atoms with van der Waals surface area (Å²) in [7, 11) is 5.27. The zero-order chi connectivity index (χ0) is 13.9. The molecule has 1 aliphatic rings. The van der Waals surface area contributed by atoms with Gasteiger partial charge in [0.15, 0.2) is 11.5 Å². The second kappa shape index (κ2) is 5.80. The van der Waals surface area contributed by atoms with Crippen LogP contribution in [0.2, 0.25) is 0 Å². The van der Waals surface area contributed by atoms with Crippen molar-refractivity contribution in [3.63, 3.8) is 0 Å². The number of likely N-dealkylation sites (N-methyl/N-ethyl adjacent to an activating group) is 1. The Morgan fingerprint density at radius 2 is 2.00 bits per heavy atom. The Kier molecular flexibility index (Phi) is 4.32. The van der Waals surface area contributed by atoms with E-state index in [-0.39, 0.29) is 11.6 Å². The average molecular weight is 265 g/mol. The highest BCUT2D eigenvalue weighted by Gasteiger charge is 2.38. The molecule has 2 atom stereocenters. The van der Waals surface area contributed by atoms with Crippen LogP contribution < -0.4 is 14.8 Å². The summed E-state index contributed by atoms with van der Waals surface area (Å²) < 4.78 is 16.6. The lowest BCUT2D eigenvalue weighted by Gasteiger charge is -2.33. The molecular formula is C15H23NO3. The fraction of sp³-hybridized carbons (Fsp3) is 0.600. The van der Waals surface area contributed by atoms with Gasteiger partial charge in [0.05, 0.1) is 25.9 Å². The minimum atomic E-state index is -0.158. The molecule has 1 fully saturated rings. The van der Waals surface area contributed by atoms with Crippen LogP contribution in [0.1, 0.15) is 31.4 Å². The Morgan fingerprint density at radius 3 is 2.53 bits per heavy atom. The standard InChI is InChI=1S/C15H23NO3/c1-15(8-5-9-19-15)14(16-2)11-6-7-12(17-3)13(10-11)18-4/h6-7,10,14,16H,5,8-9H2,1-4H3. The summed E-state index contributed by atoms with van der Waals surface area (Å²) in [5, 5.41) is 3.37. The molecule has 19 heavy (non-hydrogen) atoms. The first kappa shape index (κ1) is 14.2. The highest BCUT2D eigenvalue weighted by molar-refractivity contribution is 5.44. The van der Waals surface area contributed by atoms with Gasteiger partial charge in [-0.25, -0.2) is 0 Å². The highest BCUT2D eigenvalue weighted by atomic mass is 16.5. The van der Waals surface area contributed by atoms with Gasteiger partial charge in [-0.05, 0) is 44.5 Å². The first-order chi connectivity index (χ1) is 9.14.